The summed E-state index contributed by atoms with van der Waals surface area (Å²) in [6.45, 7) is 1.15. The van der Waals surface area contributed by atoms with E-state index >= 15 is 0 Å². The molecule has 1 fully saturated rings. The van der Waals surface area contributed by atoms with Gasteiger partial charge in [-0.1, -0.05) is 96.8 Å². The van der Waals surface area contributed by atoms with E-state index in [1.165, 1.54) is 70.6 Å². The first-order valence-electron chi connectivity index (χ1n) is 19.2. The third-order valence-electron chi connectivity index (χ3n) is 9.01. The van der Waals surface area contributed by atoms with Crippen LogP contribution in [0, 0.1) is 10.7 Å². The zero-order valence-corrected chi connectivity index (χ0v) is 38.8. The van der Waals surface area contributed by atoms with Crippen LogP contribution in [0.25, 0.3) is 0 Å². The maximum atomic E-state index is 12.7. The van der Waals surface area contributed by atoms with Crippen molar-refractivity contribution in [1.82, 2.24) is 5.32 Å². The quantitative estimate of drug-likeness (QED) is 0.0213. The normalized spacial score (nSPS) is 20.5. The number of unbranched alkanes of at least 4 members (excludes halogenated alkanes) is 14. The van der Waals surface area contributed by atoms with Gasteiger partial charge in [0.05, 0.1) is 18.6 Å². The molecule has 1 amide bonds. The average Bonchev–Trinajstić information content (AvgIpc) is 3.12. The van der Waals surface area contributed by atoms with Gasteiger partial charge in [-0.05, 0) is 86.3 Å². The summed E-state index contributed by atoms with van der Waals surface area (Å²) in [6, 6.07) is 3.60. The van der Waals surface area contributed by atoms with Crippen LogP contribution in [0.3, 0.4) is 0 Å². The highest BCUT2D eigenvalue weighted by Crippen LogP contribution is 2.27. The van der Waals surface area contributed by atoms with E-state index in [-0.39, 0.29) is 19.4 Å². The first-order chi connectivity index (χ1) is 26.1. The van der Waals surface area contributed by atoms with Gasteiger partial charge in [0.25, 0.3) is 16.0 Å². The van der Waals surface area contributed by atoms with Crippen LogP contribution in [-0.2, 0) is 38.7 Å². The van der Waals surface area contributed by atoms with Crippen molar-refractivity contribution in [2.45, 2.75) is 153 Å². The minimum atomic E-state index is -4.73. The van der Waals surface area contributed by atoms with Gasteiger partial charge >= 0.3 is 11.9 Å². The SMILES string of the molecule is CCCCCCCCCCCCCCCCCC(=O)OCC(O)CO[C@H]1O[C@H](CS(=O)(=O)O)[C@@H](OC(=O)CCNC(=O)c2cc(I)cc(I)c2I)[C@H](O)[C@H]1O. The molecule has 1 aromatic carbocycles. The summed E-state index contributed by atoms with van der Waals surface area (Å²) in [5, 5.41) is 34.3. The summed E-state index contributed by atoms with van der Waals surface area (Å²) >= 11 is 6.24. The topological polar surface area (TPSA) is 215 Å². The van der Waals surface area contributed by atoms with Crippen LogP contribution >= 0.6 is 67.8 Å². The number of hydrogen-bond acceptors (Lipinski definition) is 12. The van der Waals surface area contributed by atoms with E-state index < -0.39 is 83.7 Å². The fourth-order valence-electron chi connectivity index (χ4n) is 5.99. The summed E-state index contributed by atoms with van der Waals surface area (Å²) in [5.74, 6) is -2.97. The van der Waals surface area contributed by atoms with Crippen molar-refractivity contribution >= 4 is 95.7 Å². The number of aliphatic hydroxyl groups excluding tert-OH is 3. The van der Waals surface area contributed by atoms with Crippen molar-refractivity contribution in [3.8, 4) is 0 Å². The van der Waals surface area contributed by atoms with E-state index in [0.717, 1.165) is 30.0 Å². The standard InChI is InChI=1S/C37H58I3NO13S/c1-2-3-4-5-6-7-8-9-10-11-12-13-14-15-16-17-30(43)51-22-26(42)23-52-37-34(46)33(45)35(29(53-37)24-55(48,49)50)54-31(44)18-19-41-36(47)27-20-25(38)21-28(39)32(27)40/h20-21,26,29,33-35,37,42,45-46H,2-19,22-24H2,1H3,(H,41,47)(H,48,49,50)/t26?,29-,33-,34-,35-,37+/m1/s1. The number of nitrogens with one attached hydrogen (secondary N) is 1. The molecular weight excluding hydrogens is 1080 g/mol. The molecule has 1 aliphatic rings. The molecule has 0 aromatic heterocycles. The lowest BCUT2D eigenvalue weighted by molar-refractivity contribution is -0.299. The van der Waals surface area contributed by atoms with E-state index in [2.05, 4.69) is 57.4 Å². The molecule has 18 heteroatoms. The fraction of sp³-hybridized carbons (Fsp3) is 0.757. The Hall–Kier alpha value is -0.470. The number of carbonyl (C=O) groups is 3. The van der Waals surface area contributed by atoms with Crippen molar-refractivity contribution in [3.63, 3.8) is 0 Å². The maximum absolute atomic E-state index is 12.7. The lowest BCUT2D eigenvalue weighted by Gasteiger charge is -2.41. The largest absolute Gasteiger partial charge is 0.463 e. The van der Waals surface area contributed by atoms with Crippen LogP contribution in [0.2, 0.25) is 0 Å². The molecule has 0 aliphatic carbocycles. The second-order valence-electron chi connectivity index (χ2n) is 13.9. The van der Waals surface area contributed by atoms with Gasteiger partial charge in [-0.2, -0.15) is 8.42 Å². The van der Waals surface area contributed by atoms with Crippen LogP contribution in [0.5, 0.6) is 0 Å². The molecule has 1 unspecified atom stereocenters. The van der Waals surface area contributed by atoms with Gasteiger partial charge in [-0.15, -0.1) is 0 Å². The van der Waals surface area contributed by atoms with E-state index in [4.69, 9.17) is 18.9 Å². The summed E-state index contributed by atoms with van der Waals surface area (Å²) in [5.41, 5.74) is 0.419. The number of ether oxygens (including phenoxy) is 4. The van der Waals surface area contributed by atoms with Crippen LogP contribution in [-0.4, -0.2) is 108 Å². The molecule has 0 spiro atoms. The van der Waals surface area contributed by atoms with Crippen LogP contribution < -0.4 is 5.32 Å². The zero-order chi connectivity index (χ0) is 40.8. The third kappa shape index (κ3) is 21.4. The maximum Gasteiger partial charge on any atom is 0.308 e. The first-order valence-corrected chi connectivity index (χ1v) is 24.0. The number of amides is 1. The van der Waals surface area contributed by atoms with Gasteiger partial charge in [0.1, 0.15) is 36.8 Å². The van der Waals surface area contributed by atoms with Crippen molar-refractivity contribution in [1.29, 1.82) is 0 Å². The van der Waals surface area contributed by atoms with Gasteiger partial charge in [-0.3, -0.25) is 18.9 Å². The predicted octanol–water partition coefficient (Wildman–Crippen LogP) is 6.05. The number of carbonyl (C=O) groups excluding carboxylic acids is 3. The minimum absolute atomic E-state index is 0.154. The monoisotopic (exact) mass is 1140 g/mol. The van der Waals surface area contributed by atoms with Gasteiger partial charge in [-0.25, -0.2) is 0 Å². The molecule has 0 bridgehead atoms. The Morgan fingerprint density at radius 1 is 0.818 bits per heavy atom. The Labute approximate surface area is 366 Å². The highest BCUT2D eigenvalue weighted by molar-refractivity contribution is 14.1. The van der Waals surface area contributed by atoms with Gasteiger partial charge in [0.2, 0.25) is 0 Å². The molecule has 1 aromatic rings. The van der Waals surface area contributed by atoms with Gasteiger partial charge in [0.15, 0.2) is 12.4 Å². The second kappa shape index (κ2) is 28.1. The molecule has 6 atom stereocenters. The second-order valence-corrected chi connectivity index (χ2v) is 18.8. The molecule has 1 aliphatic heterocycles. The van der Waals surface area contributed by atoms with Gasteiger partial charge in [0, 0.05) is 23.7 Å². The Bertz CT molecular complexity index is 1420. The Kier molecular flexibility index (Phi) is 25.9. The molecule has 2 rings (SSSR count). The van der Waals surface area contributed by atoms with E-state index in [1.807, 2.05) is 28.7 Å². The summed E-state index contributed by atoms with van der Waals surface area (Å²) < 4.78 is 56.6. The smallest absolute Gasteiger partial charge is 0.308 e. The molecule has 55 heavy (non-hydrogen) atoms. The van der Waals surface area contributed by atoms with Crippen molar-refractivity contribution in [3.05, 3.63) is 28.4 Å². The highest BCUT2D eigenvalue weighted by Gasteiger charge is 2.48. The van der Waals surface area contributed by atoms with Crippen LogP contribution in [0.4, 0.5) is 0 Å². The predicted molar refractivity (Wildman–Crippen MR) is 231 cm³/mol. The summed E-state index contributed by atoms with van der Waals surface area (Å²) in [7, 11) is -4.73. The molecule has 1 saturated heterocycles. The molecular formula is C37H58I3NO13S. The van der Waals surface area contributed by atoms with Crippen molar-refractivity contribution in [2.24, 2.45) is 0 Å². The molecule has 14 nitrogen and oxygen atoms in total. The third-order valence-corrected chi connectivity index (χ3v) is 13.4. The minimum Gasteiger partial charge on any atom is -0.463 e. The summed E-state index contributed by atoms with van der Waals surface area (Å²) in [4.78, 5) is 37.5. The van der Waals surface area contributed by atoms with Crippen molar-refractivity contribution in [2.75, 3.05) is 25.5 Å². The number of aliphatic hydroxyl groups is 3. The molecule has 0 radical (unpaired) electrons. The molecule has 316 valence electrons. The fourth-order valence-corrected chi connectivity index (χ4v) is 9.08. The molecule has 0 saturated carbocycles. The lowest BCUT2D eigenvalue weighted by atomic mass is 9.99. The Balaban J connectivity index is 1.68. The molecule has 5 N–H and O–H groups in total. The van der Waals surface area contributed by atoms with E-state index in [0.29, 0.717) is 12.0 Å². The van der Waals surface area contributed by atoms with Crippen LogP contribution in [0.15, 0.2) is 12.1 Å². The number of esters is 2. The number of halogens is 3. The van der Waals surface area contributed by atoms with Crippen LogP contribution in [0.1, 0.15) is 126 Å². The average molecular weight is 1140 g/mol. The first kappa shape index (κ1) is 50.7. The van der Waals surface area contributed by atoms with Crippen molar-refractivity contribution < 1.29 is 61.6 Å². The zero-order valence-electron chi connectivity index (χ0n) is 31.5. The highest BCUT2D eigenvalue weighted by atomic mass is 127. The number of hydrogen-bond donors (Lipinski definition) is 5. The van der Waals surface area contributed by atoms with E-state index in [1.54, 1.807) is 6.07 Å². The summed E-state index contributed by atoms with van der Waals surface area (Å²) in [6.07, 6.45) is 7.76. The Morgan fingerprint density at radius 2 is 1.38 bits per heavy atom. The lowest BCUT2D eigenvalue weighted by Crippen LogP contribution is -2.61. The van der Waals surface area contributed by atoms with Gasteiger partial charge < -0.3 is 39.6 Å². The Morgan fingerprint density at radius 3 is 1.95 bits per heavy atom. The number of rotatable bonds is 28. The number of benzene rings is 1. The van der Waals surface area contributed by atoms with E-state index in [9.17, 15) is 42.7 Å². The molecule has 1 heterocycles.